The lowest BCUT2D eigenvalue weighted by atomic mass is 9.98. The Kier molecular flexibility index (Phi) is 4.97. The van der Waals surface area contributed by atoms with Gasteiger partial charge in [-0.25, -0.2) is 8.42 Å². The maximum Gasteiger partial charge on any atom is 0.147 e. The van der Waals surface area contributed by atoms with Crippen LogP contribution in [0.1, 0.15) is 36.0 Å². The van der Waals surface area contributed by atoms with Gasteiger partial charge in [-0.1, -0.05) is 6.07 Å². The molecule has 0 N–H and O–H groups in total. The van der Waals surface area contributed by atoms with Crippen LogP contribution in [0.4, 0.5) is 0 Å². The molecule has 0 aromatic heterocycles. The van der Waals surface area contributed by atoms with Gasteiger partial charge in [0.25, 0.3) is 0 Å². The number of methoxy groups -OCH3 is 1. The molecule has 0 unspecified atom stereocenters. The molecule has 1 heterocycles. The molecule has 0 spiro atoms. The first-order valence-corrected chi connectivity index (χ1v) is 10.6. The van der Waals surface area contributed by atoms with Gasteiger partial charge in [-0.3, -0.25) is 4.90 Å². The van der Waals surface area contributed by atoms with Crippen molar-refractivity contribution < 1.29 is 13.2 Å². The number of ether oxygens (including phenoxy) is 1. The first kappa shape index (κ1) is 16.8. The quantitative estimate of drug-likeness (QED) is 0.828. The number of hydrogen-bond acceptors (Lipinski definition) is 4. The van der Waals surface area contributed by atoms with Crippen LogP contribution in [0, 0.1) is 5.92 Å². The predicted octanol–water partition coefficient (Wildman–Crippen LogP) is 2.44. The molecule has 1 saturated heterocycles. The SMILES string of the molecule is COc1cc2c(cc1CN1CCC[C@@H](CS(C)(=O)=O)C1)CCC2. The van der Waals surface area contributed by atoms with Crippen molar-refractivity contribution in [2.24, 2.45) is 5.92 Å². The summed E-state index contributed by atoms with van der Waals surface area (Å²) in [6, 6.07) is 4.51. The third-order valence-electron chi connectivity index (χ3n) is 5.03. The lowest BCUT2D eigenvalue weighted by Crippen LogP contribution is -2.37. The smallest absolute Gasteiger partial charge is 0.147 e. The molecule has 1 aromatic carbocycles. The molecule has 5 heteroatoms. The Hall–Kier alpha value is -1.07. The van der Waals surface area contributed by atoms with Crippen molar-refractivity contribution in [3.8, 4) is 5.75 Å². The number of fused-ring (bicyclic) bond motifs is 1. The van der Waals surface area contributed by atoms with E-state index in [4.69, 9.17) is 4.74 Å². The van der Waals surface area contributed by atoms with Crippen LogP contribution < -0.4 is 4.74 Å². The van der Waals surface area contributed by atoms with Crippen LogP contribution in [-0.4, -0.2) is 45.5 Å². The third-order valence-corrected chi connectivity index (χ3v) is 6.11. The number of piperidine rings is 1. The number of nitrogens with zero attached hydrogens (tertiary/aromatic N) is 1. The lowest BCUT2D eigenvalue weighted by Gasteiger charge is -2.32. The molecule has 3 rings (SSSR count). The van der Waals surface area contributed by atoms with Crippen LogP contribution in [0.5, 0.6) is 5.75 Å². The van der Waals surface area contributed by atoms with Gasteiger partial charge < -0.3 is 4.74 Å². The average molecular weight is 337 g/mol. The highest BCUT2D eigenvalue weighted by molar-refractivity contribution is 7.90. The second kappa shape index (κ2) is 6.81. The lowest BCUT2D eigenvalue weighted by molar-refractivity contribution is 0.176. The number of aryl methyl sites for hydroxylation is 2. The van der Waals surface area contributed by atoms with E-state index in [2.05, 4.69) is 17.0 Å². The molecular formula is C18H27NO3S. The number of benzene rings is 1. The van der Waals surface area contributed by atoms with Crippen LogP contribution in [0.15, 0.2) is 12.1 Å². The molecule has 1 aromatic rings. The number of likely N-dealkylation sites (tertiary alicyclic amines) is 1. The Balaban J connectivity index is 1.71. The predicted molar refractivity (Wildman–Crippen MR) is 92.7 cm³/mol. The van der Waals surface area contributed by atoms with E-state index < -0.39 is 9.84 Å². The van der Waals surface area contributed by atoms with Crippen LogP contribution in [-0.2, 0) is 29.2 Å². The van der Waals surface area contributed by atoms with Crippen LogP contribution >= 0.6 is 0 Å². The van der Waals surface area contributed by atoms with E-state index >= 15 is 0 Å². The fraction of sp³-hybridized carbons (Fsp3) is 0.667. The Morgan fingerprint density at radius 1 is 1.22 bits per heavy atom. The fourth-order valence-corrected chi connectivity index (χ4v) is 5.19. The van der Waals surface area contributed by atoms with Gasteiger partial charge in [0, 0.05) is 24.9 Å². The molecular weight excluding hydrogens is 310 g/mol. The van der Waals surface area contributed by atoms with Crippen molar-refractivity contribution in [3.63, 3.8) is 0 Å². The van der Waals surface area contributed by atoms with Crippen LogP contribution in [0.3, 0.4) is 0 Å². The van der Waals surface area contributed by atoms with E-state index in [0.717, 1.165) is 44.6 Å². The fourth-order valence-electron chi connectivity index (χ4n) is 4.07. The monoisotopic (exact) mass is 337 g/mol. The van der Waals surface area contributed by atoms with Crippen LogP contribution in [0.25, 0.3) is 0 Å². The van der Waals surface area contributed by atoms with Gasteiger partial charge in [0.05, 0.1) is 12.9 Å². The normalized spacial score (nSPS) is 22.1. The summed E-state index contributed by atoms with van der Waals surface area (Å²) in [7, 11) is -1.15. The number of sulfone groups is 1. The van der Waals surface area contributed by atoms with E-state index in [1.165, 1.54) is 35.8 Å². The summed E-state index contributed by atoms with van der Waals surface area (Å²) in [5, 5.41) is 0. The molecule has 4 nitrogen and oxygen atoms in total. The first-order chi connectivity index (χ1) is 10.9. The zero-order valence-electron chi connectivity index (χ0n) is 14.2. The van der Waals surface area contributed by atoms with Crippen molar-refractivity contribution in [3.05, 3.63) is 28.8 Å². The van der Waals surface area contributed by atoms with Gasteiger partial charge >= 0.3 is 0 Å². The summed E-state index contributed by atoms with van der Waals surface area (Å²) in [5.41, 5.74) is 4.14. The molecule has 0 radical (unpaired) electrons. The Bertz CT molecular complexity index is 669. The summed E-state index contributed by atoms with van der Waals surface area (Å²) in [6.07, 6.45) is 7.01. The third kappa shape index (κ3) is 4.27. The van der Waals surface area contributed by atoms with Crippen molar-refractivity contribution in [1.82, 2.24) is 4.90 Å². The molecule has 2 aliphatic rings. The topological polar surface area (TPSA) is 46.6 Å². The molecule has 1 atom stereocenters. The molecule has 1 aliphatic heterocycles. The highest BCUT2D eigenvalue weighted by Crippen LogP contribution is 2.31. The second-order valence-corrected chi connectivity index (χ2v) is 9.31. The van der Waals surface area contributed by atoms with E-state index in [1.54, 1.807) is 7.11 Å². The van der Waals surface area contributed by atoms with Crippen LogP contribution in [0.2, 0.25) is 0 Å². The first-order valence-electron chi connectivity index (χ1n) is 8.53. The van der Waals surface area contributed by atoms with Crippen molar-refractivity contribution in [2.75, 3.05) is 32.2 Å². The Morgan fingerprint density at radius 3 is 2.65 bits per heavy atom. The van der Waals surface area contributed by atoms with Gasteiger partial charge in [0.2, 0.25) is 0 Å². The van der Waals surface area contributed by atoms with Gasteiger partial charge in [-0.2, -0.15) is 0 Å². The summed E-state index contributed by atoms with van der Waals surface area (Å²) in [6.45, 7) is 2.77. The average Bonchev–Trinajstić information content (AvgIpc) is 2.92. The zero-order valence-corrected chi connectivity index (χ0v) is 15.0. The van der Waals surface area contributed by atoms with Crippen molar-refractivity contribution in [2.45, 2.75) is 38.6 Å². The number of rotatable bonds is 5. The van der Waals surface area contributed by atoms with Crippen molar-refractivity contribution >= 4 is 9.84 Å². The molecule has 0 bridgehead atoms. The standard InChI is InChI=1S/C18H27NO3S/c1-22-18-10-16-7-3-6-15(16)9-17(18)12-19-8-4-5-14(11-19)13-23(2,20)21/h9-10,14H,3-8,11-13H2,1-2H3/t14-/m1/s1. The summed E-state index contributed by atoms with van der Waals surface area (Å²) in [4.78, 5) is 2.39. The molecule has 23 heavy (non-hydrogen) atoms. The number of hydrogen-bond donors (Lipinski definition) is 0. The molecule has 0 amide bonds. The van der Waals surface area contributed by atoms with E-state index in [9.17, 15) is 8.42 Å². The van der Waals surface area contributed by atoms with Gasteiger partial charge in [0.1, 0.15) is 15.6 Å². The maximum absolute atomic E-state index is 11.6. The van der Waals surface area contributed by atoms with Crippen molar-refractivity contribution in [1.29, 1.82) is 0 Å². The minimum absolute atomic E-state index is 0.263. The molecule has 0 saturated carbocycles. The largest absolute Gasteiger partial charge is 0.496 e. The molecule has 128 valence electrons. The zero-order chi connectivity index (χ0) is 16.4. The van der Waals surface area contributed by atoms with E-state index in [0.29, 0.717) is 5.75 Å². The minimum atomic E-state index is -2.89. The minimum Gasteiger partial charge on any atom is -0.496 e. The summed E-state index contributed by atoms with van der Waals surface area (Å²) in [5.74, 6) is 1.56. The molecule has 1 fully saturated rings. The Labute approximate surface area is 139 Å². The second-order valence-electron chi connectivity index (χ2n) is 7.12. The summed E-state index contributed by atoms with van der Waals surface area (Å²) >= 11 is 0. The summed E-state index contributed by atoms with van der Waals surface area (Å²) < 4.78 is 28.7. The Morgan fingerprint density at radius 2 is 1.96 bits per heavy atom. The van der Waals surface area contributed by atoms with Gasteiger partial charge in [-0.15, -0.1) is 0 Å². The highest BCUT2D eigenvalue weighted by Gasteiger charge is 2.24. The van der Waals surface area contributed by atoms with E-state index in [-0.39, 0.29) is 5.92 Å². The highest BCUT2D eigenvalue weighted by atomic mass is 32.2. The van der Waals surface area contributed by atoms with E-state index in [1.807, 2.05) is 0 Å². The van der Waals surface area contributed by atoms with Gasteiger partial charge in [-0.05, 0) is 61.8 Å². The maximum atomic E-state index is 11.6. The molecule has 1 aliphatic carbocycles. The van der Waals surface area contributed by atoms with Gasteiger partial charge in [0.15, 0.2) is 0 Å².